The first kappa shape index (κ1) is 17.4. The predicted molar refractivity (Wildman–Crippen MR) is 82.8 cm³/mol. The Kier molecular flexibility index (Phi) is 8.15. The van der Waals surface area contributed by atoms with E-state index in [0.29, 0.717) is 5.92 Å². The van der Waals surface area contributed by atoms with Crippen LogP contribution in [0.5, 0.6) is 0 Å². The fourth-order valence-electron chi connectivity index (χ4n) is 3.00. The molecular formula is C16H32N2O2. The number of rotatable bonds is 9. The van der Waals surface area contributed by atoms with Gasteiger partial charge in [0.25, 0.3) is 5.91 Å². The van der Waals surface area contributed by atoms with Gasteiger partial charge in [-0.2, -0.15) is 0 Å². The number of nitrogens with one attached hydrogen (secondary N) is 2. The number of methoxy groups -OCH3 is 1. The van der Waals surface area contributed by atoms with Crippen LogP contribution in [0.25, 0.3) is 0 Å². The van der Waals surface area contributed by atoms with Crippen molar-refractivity contribution in [1.82, 2.24) is 10.6 Å². The van der Waals surface area contributed by atoms with Crippen molar-refractivity contribution in [2.45, 2.75) is 64.4 Å². The van der Waals surface area contributed by atoms with Crippen LogP contribution in [0.3, 0.4) is 0 Å². The van der Waals surface area contributed by atoms with Crippen LogP contribution in [0.1, 0.15) is 58.8 Å². The lowest BCUT2D eigenvalue weighted by Crippen LogP contribution is -2.54. The number of hydrogen-bond donors (Lipinski definition) is 2. The van der Waals surface area contributed by atoms with Gasteiger partial charge >= 0.3 is 0 Å². The van der Waals surface area contributed by atoms with Crippen LogP contribution >= 0.6 is 0 Å². The third-order valence-electron chi connectivity index (χ3n) is 4.43. The monoisotopic (exact) mass is 284 g/mol. The van der Waals surface area contributed by atoms with E-state index < -0.39 is 5.60 Å². The van der Waals surface area contributed by atoms with E-state index in [1.54, 1.807) is 7.11 Å². The zero-order chi connectivity index (χ0) is 14.8. The van der Waals surface area contributed by atoms with Crippen LogP contribution in [-0.2, 0) is 9.53 Å². The number of carbonyl (C=O) groups excluding carboxylic acids is 1. The normalized spacial score (nSPS) is 19.6. The van der Waals surface area contributed by atoms with Crippen molar-refractivity contribution in [2.24, 2.45) is 5.92 Å². The van der Waals surface area contributed by atoms with E-state index in [1.807, 2.05) is 0 Å². The van der Waals surface area contributed by atoms with Gasteiger partial charge in [0.1, 0.15) is 5.60 Å². The fourth-order valence-corrected chi connectivity index (χ4v) is 3.00. The summed E-state index contributed by atoms with van der Waals surface area (Å²) in [7, 11) is 1.66. The molecule has 1 heterocycles. The largest absolute Gasteiger partial charge is 0.368 e. The highest BCUT2D eigenvalue weighted by Gasteiger charge is 2.39. The molecule has 4 heteroatoms. The Balaban J connectivity index is 2.45. The Labute approximate surface area is 124 Å². The molecule has 118 valence electrons. The number of unbranched alkanes of at least 4 members (excludes halogenated alkanes) is 1. The van der Waals surface area contributed by atoms with Gasteiger partial charge in [-0.1, -0.05) is 33.1 Å². The number of hydrogen-bond acceptors (Lipinski definition) is 3. The summed E-state index contributed by atoms with van der Waals surface area (Å²) in [5.41, 5.74) is -0.604. The molecule has 1 fully saturated rings. The van der Waals surface area contributed by atoms with Gasteiger partial charge in [0.05, 0.1) is 0 Å². The third-order valence-corrected chi connectivity index (χ3v) is 4.43. The van der Waals surface area contributed by atoms with Gasteiger partial charge < -0.3 is 15.4 Å². The Morgan fingerprint density at radius 3 is 2.50 bits per heavy atom. The lowest BCUT2D eigenvalue weighted by Gasteiger charge is -2.35. The van der Waals surface area contributed by atoms with E-state index in [-0.39, 0.29) is 5.91 Å². The summed E-state index contributed by atoms with van der Waals surface area (Å²) in [6.07, 6.45) is 7.60. The van der Waals surface area contributed by atoms with Gasteiger partial charge in [0.15, 0.2) is 0 Å². The second-order valence-electron chi connectivity index (χ2n) is 5.96. The summed E-state index contributed by atoms with van der Waals surface area (Å²) in [6.45, 7) is 6.94. The minimum Gasteiger partial charge on any atom is -0.368 e. The summed E-state index contributed by atoms with van der Waals surface area (Å²) >= 11 is 0. The molecule has 0 radical (unpaired) electrons. The third kappa shape index (κ3) is 5.06. The topological polar surface area (TPSA) is 50.4 Å². The predicted octanol–water partition coefficient (Wildman–Crippen LogP) is 2.48. The summed E-state index contributed by atoms with van der Waals surface area (Å²) in [5, 5.41) is 6.43. The molecule has 1 aliphatic rings. The molecule has 0 aromatic heterocycles. The van der Waals surface area contributed by atoms with Gasteiger partial charge in [-0.25, -0.2) is 0 Å². The molecule has 0 bridgehead atoms. The Hall–Kier alpha value is -0.610. The zero-order valence-corrected chi connectivity index (χ0v) is 13.5. The fraction of sp³-hybridized carbons (Fsp3) is 0.938. The lowest BCUT2D eigenvalue weighted by atomic mass is 9.90. The van der Waals surface area contributed by atoms with Crippen molar-refractivity contribution in [1.29, 1.82) is 0 Å². The molecule has 1 amide bonds. The van der Waals surface area contributed by atoms with E-state index in [9.17, 15) is 4.79 Å². The molecule has 1 saturated heterocycles. The van der Waals surface area contributed by atoms with Gasteiger partial charge in [-0.05, 0) is 44.7 Å². The molecule has 0 spiro atoms. The minimum atomic E-state index is -0.604. The van der Waals surface area contributed by atoms with Crippen molar-refractivity contribution in [3.8, 4) is 0 Å². The van der Waals surface area contributed by atoms with Crippen LogP contribution in [0.4, 0.5) is 0 Å². The first-order chi connectivity index (χ1) is 9.68. The Morgan fingerprint density at radius 1 is 1.25 bits per heavy atom. The molecule has 0 aromatic carbocycles. The highest BCUT2D eigenvalue weighted by molar-refractivity contribution is 5.85. The summed E-state index contributed by atoms with van der Waals surface area (Å²) < 4.78 is 5.56. The highest BCUT2D eigenvalue weighted by atomic mass is 16.5. The van der Waals surface area contributed by atoms with Crippen LogP contribution in [0.15, 0.2) is 0 Å². The molecular weight excluding hydrogens is 252 g/mol. The second kappa shape index (κ2) is 9.35. The molecule has 0 saturated carbocycles. The number of piperidine rings is 1. The molecule has 0 aliphatic carbocycles. The average molecular weight is 284 g/mol. The first-order valence-electron chi connectivity index (χ1n) is 8.22. The van der Waals surface area contributed by atoms with E-state index in [1.165, 1.54) is 32.1 Å². The lowest BCUT2D eigenvalue weighted by molar-refractivity contribution is -0.146. The smallest absolute Gasteiger partial charge is 0.252 e. The summed E-state index contributed by atoms with van der Waals surface area (Å²) in [4.78, 5) is 12.5. The maximum atomic E-state index is 12.5. The number of ether oxygens (including phenoxy) is 1. The molecule has 1 unspecified atom stereocenters. The summed E-state index contributed by atoms with van der Waals surface area (Å²) in [6, 6.07) is 0. The Bertz CT molecular complexity index is 276. The quantitative estimate of drug-likeness (QED) is 0.684. The summed E-state index contributed by atoms with van der Waals surface area (Å²) in [5.74, 6) is 0.693. The molecule has 4 nitrogen and oxygen atoms in total. The average Bonchev–Trinajstić information content (AvgIpc) is 2.50. The van der Waals surface area contributed by atoms with E-state index in [4.69, 9.17) is 4.74 Å². The van der Waals surface area contributed by atoms with Gasteiger partial charge in [-0.3, -0.25) is 4.79 Å². The van der Waals surface area contributed by atoms with Gasteiger partial charge in [-0.15, -0.1) is 0 Å². The molecule has 20 heavy (non-hydrogen) atoms. The van der Waals surface area contributed by atoms with Crippen LogP contribution < -0.4 is 10.6 Å². The number of amides is 1. The number of carbonyl (C=O) groups is 1. The van der Waals surface area contributed by atoms with E-state index in [2.05, 4.69) is 24.5 Å². The van der Waals surface area contributed by atoms with Crippen LogP contribution in [0, 0.1) is 5.92 Å². The highest BCUT2D eigenvalue weighted by Crippen LogP contribution is 2.23. The van der Waals surface area contributed by atoms with E-state index >= 15 is 0 Å². The minimum absolute atomic E-state index is 0.0825. The maximum absolute atomic E-state index is 12.5. The first-order valence-corrected chi connectivity index (χ1v) is 8.22. The molecule has 0 aromatic rings. The SMILES string of the molecule is CCCCC(CCC)CNC(=O)C1(OC)CCNCC1. The molecule has 1 rings (SSSR count). The van der Waals surface area contributed by atoms with Crippen molar-refractivity contribution >= 4 is 5.91 Å². The second-order valence-corrected chi connectivity index (χ2v) is 5.96. The van der Waals surface area contributed by atoms with Crippen molar-refractivity contribution in [2.75, 3.05) is 26.7 Å². The molecule has 1 atom stereocenters. The van der Waals surface area contributed by atoms with Crippen LogP contribution in [0.2, 0.25) is 0 Å². The molecule has 1 aliphatic heterocycles. The standard InChI is InChI=1S/C16H32N2O2/c1-4-6-8-14(7-5-2)13-18-15(19)16(20-3)9-11-17-12-10-16/h14,17H,4-13H2,1-3H3,(H,18,19). The van der Waals surface area contributed by atoms with Crippen LogP contribution in [-0.4, -0.2) is 38.3 Å². The molecule has 2 N–H and O–H groups in total. The zero-order valence-electron chi connectivity index (χ0n) is 13.5. The Morgan fingerprint density at radius 2 is 1.95 bits per heavy atom. The van der Waals surface area contributed by atoms with Crippen molar-refractivity contribution in [3.05, 3.63) is 0 Å². The van der Waals surface area contributed by atoms with E-state index in [0.717, 1.165) is 32.5 Å². The maximum Gasteiger partial charge on any atom is 0.252 e. The van der Waals surface area contributed by atoms with Gasteiger partial charge in [0, 0.05) is 13.7 Å². The van der Waals surface area contributed by atoms with Crippen molar-refractivity contribution in [3.63, 3.8) is 0 Å². The van der Waals surface area contributed by atoms with Gasteiger partial charge in [0.2, 0.25) is 0 Å². The van der Waals surface area contributed by atoms with Crippen molar-refractivity contribution < 1.29 is 9.53 Å².